The molecule has 0 atom stereocenters. The maximum absolute atomic E-state index is 13.3. The quantitative estimate of drug-likeness (QED) is 0.217. The molecule has 1 N–H and O–H groups in total. The minimum atomic E-state index is -0.105. The number of rotatable bonds is 8. The average molecular weight is 576 g/mol. The number of halogens is 1. The fraction of sp³-hybridized carbons (Fsp3) is 0.200. The molecular weight excluding hydrogens is 548 g/mol. The molecule has 0 spiro atoms. The summed E-state index contributed by atoms with van der Waals surface area (Å²) in [5.74, 6) is 1.19. The van der Waals surface area contributed by atoms with E-state index in [4.69, 9.17) is 14.5 Å². The predicted molar refractivity (Wildman–Crippen MR) is 154 cm³/mol. The number of benzene rings is 3. The first-order valence-corrected chi connectivity index (χ1v) is 13.8. The molecule has 4 aromatic rings. The maximum Gasteiger partial charge on any atom is 0.259 e. The van der Waals surface area contributed by atoms with Crippen molar-refractivity contribution in [3.8, 4) is 11.5 Å². The topological polar surface area (TPSA) is 59.9 Å². The predicted octanol–water partition coefficient (Wildman–Crippen LogP) is 7.98. The number of nitrogens with one attached hydrogen (secondary N) is 1. The lowest BCUT2D eigenvalue weighted by atomic mass is 9.95. The maximum atomic E-state index is 13.3. The fourth-order valence-corrected chi connectivity index (χ4v) is 5.85. The van der Waals surface area contributed by atoms with E-state index in [0.29, 0.717) is 23.7 Å². The molecule has 0 unspecified atom stereocenters. The number of methoxy groups -OCH3 is 1. The van der Waals surface area contributed by atoms with E-state index in [0.717, 1.165) is 57.5 Å². The number of carbonyl (C=O) groups excluding carboxylic acids is 1. The molecule has 5 nitrogen and oxygen atoms in total. The number of nitrogens with zero attached hydrogens (tertiary/aromatic N) is 1. The van der Waals surface area contributed by atoms with Crippen LogP contribution in [0, 0.1) is 0 Å². The number of aliphatic imine (C=N–C) groups is 1. The van der Waals surface area contributed by atoms with Crippen molar-refractivity contribution in [3.05, 3.63) is 104 Å². The molecule has 1 aromatic heterocycles. The highest BCUT2D eigenvalue weighted by molar-refractivity contribution is 9.10. The molecule has 188 valence electrons. The van der Waals surface area contributed by atoms with Gasteiger partial charge >= 0.3 is 0 Å². The molecule has 0 bridgehead atoms. The molecule has 1 amide bonds. The zero-order valence-corrected chi connectivity index (χ0v) is 22.9. The summed E-state index contributed by atoms with van der Waals surface area (Å²) in [6.45, 7) is 0.442. The number of ether oxygens (including phenoxy) is 2. The molecular formula is C30H27BrN2O3S. The number of thiophene rings is 1. The largest absolute Gasteiger partial charge is 0.493 e. The summed E-state index contributed by atoms with van der Waals surface area (Å²) in [6.07, 6.45) is 5.95. The first kappa shape index (κ1) is 25.2. The normalized spacial score (nSPS) is 12.8. The lowest BCUT2D eigenvalue weighted by Gasteiger charge is -2.13. The third-order valence-electron chi connectivity index (χ3n) is 6.24. The molecule has 0 radical (unpaired) electrons. The summed E-state index contributed by atoms with van der Waals surface area (Å²) >= 11 is 5.07. The Bertz CT molecular complexity index is 1420. The second-order valence-electron chi connectivity index (χ2n) is 8.79. The Balaban J connectivity index is 1.37. The summed E-state index contributed by atoms with van der Waals surface area (Å²) in [5.41, 5.74) is 4.56. The van der Waals surface area contributed by atoms with Crippen LogP contribution in [0.15, 0.2) is 82.3 Å². The van der Waals surface area contributed by atoms with E-state index in [1.165, 1.54) is 4.88 Å². The summed E-state index contributed by atoms with van der Waals surface area (Å²) in [4.78, 5) is 19.4. The Morgan fingerprint density at radius 2 is 1.81 bits per heavy atom. The summed E-state index contributed by atoms with van der Waals surface area (Å²) in [7, 11) is 1.63. The van der Waals surface area contributed by atoms with Gasteiger partial charge in [0.25, 0.3) is 5.91 Å². The van der Waals surface area contributed by atoms with Crippen LogP contribution in [0.1, 0.15) is 44.8 Å². The van der Waals surface area contributed by atoms with Crippen LogP contribution < -0.4 is 14.8 Å². The van der Waals surface area contributed by atoms with Gasteiger partial charge in [-0.3, -0.25) is 4.79 Å². The van der Waals surface area contributed by atoms with E-state index in [9.17, 15) is 4.79 Å². The molecule has 5 rings (SSSR count). The molecule has 0 fully saturated rings. The van der Waals surface area contributed by atoms with Crippen molar-refractivity contribution in [2.24, 2.45) is 4.99 Å². The van der Waals surface area contributed by atoms with E-state index >= 15 is 0 Å². The van der Waals surface area contributed by atoms with Crippen molar-refractivity contribution in [1.29, 1.82) is 0 Å². The highest BCUT2D eigenvalue weighted by atomic mass is 79.9. The molecule has 1 aliphatic rings. The summed E-state index contributed by atoms with van der Waals surface area (Å²) < 4.78 is 12.6. The van der Waals surface area contributed by atoms with Crippen LogP contribution in [-0.4, -0.2) is 19.2 Å². The molecule has 37 heavy (non-hydrogen) atoms. The molecule has 3 aromatic carbocycles. The van der Waals surface area contributed by atoms with E-state index in [-0.39, 0.29) is 5.91 Å². The Morgan fingerprint density at radius 3 is 2.59 bits per heavy atom. The van der Waals surface area contributed by atoms with Crippen LogP contribution in [0.3, 0.4) is 0 Å². The fourth-order valence-electron chi connectivity index (χ4n) is 4.35. The third kappa shape index (κ3) is 6.12. The van der Waals surface area contributed by atoms with E-state index < -0.39 is 0 Å². The zero-order chi connectivity index (χ0) is 25.6. The first-order chi connectivity index (χ1) is 18.1. The lowest BCUT2D eigenvalue weighted by Crippen LogP contribution is -2.14. The standard InChI is InChI=1S/C30H27BrN2O3S/c1-35-26-17-21(13-16-25(26)36-19-20-11-14-22(31)15-12-20)18-32-30-28(24-9-5-6-10-27(24)37-30)29(34)33-23-7-3-2-4-8-23/h2-4,7-8,11-18H,5-6,9-10,19H2,1H3,(H,33,34). The van der Waals surface area contributed by atoms with Gasteiger partial charge in [-0.1, -0.05) is 46.3 Å². The van der Waals surface area contributed by atoms with Gasteiger partial charge in [0, 0.05) is 21.3 Å². The molecule has 7 heteroatoms. The van der Waals surface area contributed by atoms with Gasteiger partial charge in [-0.15, -0.1) is 11.3 Å². The minimum absolute atomic E-state index is 0.105. The summed E-state index contributed by atoms with van der Waals surface area (Å²) in [5, 5.41) is 3.79. The van der Waals surface area contributed by atoms with Crippen LogP contribution in [0.4, 0.5) is 10.7 Å². The van der Waals surface area contributed by atoms with Crippen molar-refractivity contribution in [2.75, 3.05) is 12.4 Å². The number of hydrogen-bond acceptors (Lipinski definition) is 5. The molecule has 1 heterocycles. The van der Waals surface area contributed by atoms with Gasteiger partial charge < -0.3 is 14.8 Å². The number of para-hydroxylation sites is 1. The number of amides is 1. The van der Waals surface area contributed by atoms with Crippen molar-refractivity contribution >= 4 is 50.1 Å². The van der Waals surface area contributed by atoms with Crippen LogP contribution in [0.2, 0.25) is 0 Å². The number of hydrogen-bond donors (Lipinski definition) is 1. The van der Waals surface area contributed by atoms with E-state index in [1.807, 2.05) is 72.8 Å². The van der Waals surface area contributed by atoms with Crippen LogP contribution in [0.5, 0.6) is 11.5 Å². The van der Waals surface area contributed by atoms with Gasteiger partial charge in [0.1, 0.15) is 11.6 Å². The van der Waals surface area contributed by atoms with E-state index in [1.54, 1.807) is 24.7 Å². The average Bonchev–Trinajstić information content (AvgIpc) is 3.31. The summed E-state index contributed by atoms with van der Waals surface area (Å²) in [6, 6.07) is 23.3. The third-order valence-corrected chi connectivity index (χ3v) is 7.97. The van der Waals surface area contributed by atoms with Gasteiger partial charge in [0.2, 0.25) is 0 Å². The van der Waals surface area contributed by atoms with Crippen LogP contribution in [0.25, 0.3) is 0 Å². The number of carbonyl (C=O) groups is 1. The van der Waals surface area contributed by atoms with Gasteiger partial charge in [-0.25, -0.2) is 4.99 Å². The van der Waals surface area contributed by atoms with Gasteiger partial charge in [-0.05, 0) is 84.8 Å². The Morgan fingerprint density at radius 1 is 1.03 bits per heavy atom. The second kappa shape index (κ2) is 11.8. The zero-order valence-electron chi connectivity index (χ0n) is 20.5. The highest BCUT2D eigenvalue weighted by Crippen LogP contribution is 2.40. The molecule has 0 saturated carbocycles. The minimum Gasteiger partial charge on any atom is -0.493 e. The number of aryl methyl sites for hydroxylation is 1. The Kier molecular flexibility index (Phi) is 8.02. The smallest absolute Gasteiger partial charge is 0.259 e. The second-order valence-corrected chi connectivity index (χ2v) is 10.8. The van der Waals surface area contributed by atoms with Crippen LogP contribution in [-0.2, 0) is 19.4 Å². The highest BCUT2D eigenvalue weighted by Gasteiger charge is 2.25. The first-order valence-electron chi connectivity index (χ1n) is 12.2. The number of anilines is 1. The van der Waals surface area contributed by atoms with Crippen molar-refractivity contribution in [1.82, 2.24) is 0 Å². The van der Waals surface area contributed by atoms with E-state index in [2.05, 4.69) is 21.2 Å². The Hall–Kier alpha value is -3.42. The van der Waals surface area contributed by atoms with Crippen molar-refractivity contribution < 1.29 is 14.3 Å². The van der Waals surface area contributed by atoms with Crippen molar-refractivity contribution in [2.45, 2.75) is 32.3 Å². The number of fused-ring (bicyclic) bond motifs is 1. The lowest BCUT2D eigenvalue weighted by molar-refractivity contribution is 0.102. The van der Waals surface area contributed by atoms with Crippen LogP contribution >= 0.6 is 27.3 Å². The molecule has 1 aliphatic carbocycles. The monoisotopic (exact) mass is 574 g/mol. The van der Waals surface area contributed by atoms with Gasteiger partial charge in [-0.2, -0.15) is 0 Å². The molecule has 0 saturated heterocycles. The van der Waals surface area contributed by atoms with Crippen molar-refractivity contribution in [3.63, 3.8) is 0 Å². The Labute approximate surface area is 229 Å². The molecule has 0 aliphatic heterocycles. The van der Waals surface area contributed by atoms with Gasteiger partial charge in [0.15, 0.2) is 11.5 Å². The SMILES string of the molecule is COc1cc(C=Nc2sc3c(c2C(=O)Nc2ccccc2)CCCC3)ccc1OCc1ccc(Br)cc1. The van der Waals surface area contributed by atoms with Gasteiger partial charge in [0.05, 0.1) is 12.7 Å².